The number of rotatable bonds is 8. The van der Waals surface area contributed by atoms with Crippen molar-refractivity contribution >= 4 is 5.69 Å². The van der Waals surface area contributed by atoms with E-state index in [1.165, 1.54) is 11.1 Å². The molecule has 0 saturated heterocycles. The first-order chi connectivity index (χ1) is 12.3. The third-order valence-electron chi connectivity index (χ3n) is 4.26. The molecule has 127 valence electrons. The van der Waals surface area contributed by atoms with Crippen molar-refractivity contribution < 1.29 is 0 Å². The molecule has 0 aliphatic rings. The van der Waals surface area contributed by atoms with Crippen molar-refractivity contribution in [3.05, 3.63) is 102 Å². The summed E-state index contributed by atoms with van der Waals surface area (Å²) in [5.74, 6) is 0. The Morgan fingerprint density at radius 3 is 1.84 bits per heavy atom. The Labute approximate surface area is 150 Å². The summed E-state index contributed by atoms with van der Waals surface area (Å²) >= 11 is 0. The van der Waals surface area contributed by atoms with E-state index in [-0.39, 0.29) is 0 Å². The number of benzene rings is 3. The van der Waals surface area contributed by atoms with Gasteiger partial charge < -0.3 is 0 Å². The number of anilines is 1. The molecule has 0 aliphatic carbocycles. The average molecular weight is 331 g/mol. The van der Waals surface area contributed by atoms with Crippen LogP contribution in [-0.2, 0) is 13.0 Å². The van der Waals surface area contributed by atoms with E-state index in [0.29, 0.717) is 0 Å². The molecule has 0 fully saturated rings. The van der Waals surface area contributed by atoms with Crippen molar-refractivity contribution in [2.75, 3.05) is 18.6 Å². The van der Waals surface area contributed by atoms with Crippen molar-refractivity contribution in [2.24, 2.45) is 0 Å². The fraction of sp³-hybridized carbons (Fsp3) is 0.182. The Kier molecular flexibility index (Phi) is 6.21. The summed E-state index contributed by atoms with van der Waals surface area (Å²) in [6, 6.07) is 31.5. The first-order valence-corrected chi connectivity index (χ1v) is 8.70. The topological polar surface area (TPSA) is 21.2 Å². The molecular formula is C22H25N3+. The second-order valence-corrected chi connectivity index (χ2v) is 6.04. The largest absolute Gasteiger partial charge is 0.178 e. The first kappa shape index (κ1) is 17.2. The monoisotopic (exact) mass is 331 g/mol. The molecule has 0 aromatic heterocycles. The Balaban J connectivity index is 1.68. The molecule has 0 unspecified atom stereocenters. The molecule has 3 nitrogen and oxygen atoms in total. The SMILES string of the molecule is CN(c1ccccc1)[N+](CCc1ccccc1)NCc1ccccc1. The van der Waals surface area contributed by atoms with Gasteiger partial charge in [-0.1, -0.05) is 84.3 Å². The molecule has 0 saturated carbocycles. The standard InChI is InChI=1S/C22H25N3/c1-24(22-15-9-4-10-16-22)25(18-17-20-11-5-2-6-12-20)23-19-21-13-7-3-8-14-21/h2-16,23H,17-19H2,1H3/q+1. The minimum Gasteiger partial charge on any atom is -0.157 e. The van der Waals surface area contributed by atoms with Gasteiger partial charge in [-0.15, -0.1) is 0 Å². The predicted molar refractivity (Wildman–Crippen MR) is 105 cm³/mol. The molecule has 1 radical (unpaired) electrons. The van der Waals surface area contributed by atoms with Crippen molar-refractivity contribution in [3.8, 4) is 0 Å². The molecule has 0 heterocycles. The normalized spacial score (nSPS) is 10.8. The molecule has 3 rings (SSSR count). The lowest BCUT2D eigenvalue weighted by molar-refractivity contribution is 0.301. The number of nitrogens with zero attached hydrogens (tertiary/aromatic N) is 2. The third kappa shape index (κ3) is 5.18. The highest BCUT2D eigenvalue weighted by Gasteiger charge is 2.22. The van der Waals surface area contributed by atoms with Gasteiger partial charge in [-0.2, -0.15) is 5.01 Å². The summed E-state index contributed by atoms with van der Waals surface area (Å²) in [4.78, 5) is 0. The maximum atomic E-state index is 3.56. The van der Waals surface area contributed by atoms with Crippen molar-refractivity contribution in [1.82, 2.24) is 10.5 Å². The number of hydrogen-bond acceptors (Lipinski definition) is 3. The summed E-state index contributed by atoms with van der Waals surface area (Å²) in [6.45, 7) is 1.69. The summed E-state index contributed by atoms with van der Waals surface area (Å²) in [5, 5.41) is 4.36. The lowest BCUT2D eigenvalue weighted by atomic mass is 10.1. The van der Waals surface area contributed by atoms with Gasteiger partial charge in [-0.05, 0) is 23.3 Å². The molecule has 1 N–H and O–H groups in total. The van der Waals surface area contributed by atoms with Crippen LogP contribution in [-0.4, -0.2) is 13.6 Å². The molecule has 0 atom stereocenters. The Morgan fingerprint density at radius 1 is 0.720 bits per heavy atom. The van der Waals surface area contributed by atoms with E-state index < -0.39 is 0 Å². The highest BCUT2D eigenvalue weighted by atomic mass is 15.8. The van der Waals surface area contributed by atoms with Crippen LogP contribution in [0.1, 0.15) is 11.1 Å². The zero-order chi connectivity index (χ0) is 17.3. The molecule has 3 aromatic carbocycles. The highest BCUT2D eigenvalue weighted by Crippen LogP contribution is 2.12. The second kappa shape index (κ2) is 9.02. The summed E-state index contributed by atoms with van der Waals surface area (Å²) in [7, 11) is 2.10. The Bertz CT molecular complexity index is 685. The van der Waals surface area contributed by atoms with E-state index in [9.17, 15) is 0 Å². The van der Waals surface area contributed by atoms with Gasteiger partial charge in [0.2, 0.25) is 0 Å². The van der Waals surface area contributed by atoms with E-state index in [1.54, 1.807) is 0 Å². The van der Waals surface area contributed by atoms with Crippen LogP contribution in [0.25, 0.3) is 0 Å². The predicted octanol–water partition coefficient (Wildman–Crippen LogP) is 4.13. The summed E-state index contributed by atoms with van der Waals surface area (Å²) < 4.78 is 0. The lowest BCUT2D eigenvalue weighted by Crippen LogP contribution is -2.55. The van der Waals surface area contributed by atoms with E-state index >= 15 is 0 Å². The van der Waals surface area contributed by atoms with Crippen molar-refractivity contribution in [2.45, 2.75) is 13.0 Å². The maximum Gasteiger partial charge on any atom is 0.178 e. The number of hydrogen-bond donors (Lipinski definition) is 1. The summed E-state index contributed by atoms with van der Waals surface area (Å²) in [5.41, 5.74) is 7.34. The Morgan fingerprint density at radius 2 is 1.24 bits per heavy atom. The number of nitrogens with one attached hydrogen (secondary N) is 1. The summed E-state index contributed by atoms with van der Waals surface area (Å²) in [6.07, 6.45) is 0.986. The molecule has 0 aliphatic heterocycles. The number of hydrazine groups is 2. The first-order valence-electron chi connectivity index (χ1n) is 8.70. The van der Waals surface area contributed by atoms with Gasteiger partial charge >= 0.3 is 0 Å². The van der Waals surface area contributed by atoms with Crippen LogP contribution in [0.15, 0.2) is 91.0 Å². The lowest BCUT2D eigenvalue weighted by Gasteiger charge is -2.22. The average Bonchev–Trinajstić information content (AvgIpc) is 2.70. The van der Waals surface area contributed by atoms with Gasteiger partial charge in [0.1, 0.15) is 0 Å². The van der Waals surface area contributed by atoms with Crippen LogP contribution in [0.2, 0.25) is 0 Å². The zero-order valence-corrected chi connectivity index (χ0v) is 14.7. The molecule has 3 heteroatoms. The quantitative estimate of drug-likeness (QED) is 0.495. The van der Waals surface area contributed by atoms with Crippen molar-refractivity contribution in [3.63, 3.8) is 0 Å². The van der Waals surface area contributed by atoms with E-state index in [4.69, 9.17) is 0 Å². The molecule has 0 spiro atoms. The van der Waals surface area contributed by atoms with Crippen LogP contribution in [0.5, 0.6) is 0 Å². The Hall–Kier alpha value is -2.62. The van der Waals surface area contributed by atoms with E-state index in [1.807, 2.05) is 12.1 Å². The van der Waals surface area contributed by atoms with Gasteiger partial charge in [0.15, 0.2) is 6.54 Å². The van der Waals surface area contributed by atoms with Crippen molar-refractivity contribution in [1.29, 1.82) is 0 Å². The highest BCUT2D eigenvalue weighted by molar-refractivity contribution is 5.44. The van der Waals surface area contributed by atoms with Crippen LogP contribution in [0.4, 0.5) is 5.69 Å². The smallest absolute Gasteiger partial charge is 0.157 e. The van der Waals surface area contributed by atoms with Gasteiger partial charge in [-0.3, -0.25) is 0 Å². The minimum absolute atomic E-state index is 0.798. The van der Waals surface area contributed by atoms with Crippen LogP contribution in [0.3, 0.4) is 0 Å². The van der Waals surface area contributed by atoms with E-state index in [0.717, 1.165) is 25.2 Å². The molecule has 3 aromatic rings. The van der Waals surface area contributed by atoms with Gasteiger partial charge in [0.25, 0.3) is 0 Å². The van der Waals surface area contributed by atoms with Crippen LogP contribution in [0, 0.1) is 0 Å². The fourth-order valence-corrected chi connectivity index (χ4v) is 2.78. The van der Waals surface area contributed by atoms with Gasteiger partial charge in [0.05, 0.1) is 19.3 Å². The van der Waals surface area contributed by atoms with E-state index in [2.05, 4.69) is 101 Å². The van der Waals surface area contributed by atoms with Crippen LogP contribution >= 0.6 is 0 Å². The van der Waals surface area contributed by atoms with Gasteiger partial charge in [0, 0.05) is 11.5 Å². The fourth-order valence-electron chi connectivity index (χ4n) is 2.78. The van der Waals surface area contributed by atoms with Crippen LogP contribution < -0.4 is 15.6 Å². The minimum atomic E-state index is 0.798. The molecule has 25 heavy (non-hydrogen) atoms. The number of para-hydroxylation sites is 1. The molecule has 0 bridgehead atoms. The zero-order valence-electron chi connectivity index (χ0n) is 14.7. The van der Waals surface area contributed by atoms with Gasteiger partial charge in [-0.25, -0.2) is 0 Å². The maximum absolute atomic E-state index is 3.56. The molecule has 0 amide bonds. The third-order valence-corrected chi connectivity index (χ3v) is 4.26. The second-order valence-electron chi connectivity index (χ2n) is 6.04. The molecular weight excluding hydrogens is 306 g/mol.